The molecule has 0 aliphatic carbocycles. The van der Waals surface area contributed by atoms with Crippen molar-refractivity contribution >= 4 is 39.2 Å². The molecule has 5 heteroatoms. The highest BCUT2D eigenvalue weighted by molar-refractivity contribution is 7.19. The highest BCUT2D eigenvalue weighted by atomic mass is 32.1. The minimum atomic E-state index is -0.884. The van der Waals surface area contributed by atoms with Crippen LogP contribution in [0.5, 0.6) is 0 Å². The smallest absolute Gasteiger partial charge is 0.303 e. The van der Waals surface area contributed by atoms with Gasteiger partial charge in [0.15, 0.2) is 0 Å². The molecule has 0 aliphatic heterocycles. The normalized spacial score (nSPS) is 11.8. The van der Waals surface area contributed by atoms with E-state index >= 15 is 0 Å². The zero-order valence-corrected chi connectivity index (χ0v) is 13.0. The van der Waals surface area contributed by atoms with Crippen LogP contribution in [0, 0.1) is 5.82 Å². The lowest BCUT2D eigenvalue weighted by atomic mass is 10.1. The van der Waals surface area contributed by atoms with Crippen molar-refractivity contribution in [2.45, 2.75) is 12.8 Å². The number of hydrogen-bond donors (Lipinski definition) is 1. The molecule has 0 radical (unpaired) electrons. The molecule has 3 rings (SSSR count). The first-order valence-electron chi connectivity index (χ1n) is 7.16. The summed E-state index contributed by atoms with van der Waals surface area (Å²) in [5.74, 6) is -1.22. The van der Waals surface area contributed by atoms with Gasteiger partial charge in [-0.1, -0.05) is 30.3 Å². The number of carbonyl (C=O) groups is 1. The second kappa shape index (κ2) is 6.71. The SMILES string of the molecule is O=C(O)CC/C(=C/c1ccccc1F)c1nc2ccccc2s1. The number of hydrogen-bond acceptors (Lipinski definition) is 3. The molecule has 1 heterocycles. The standard InChI is InChI=1S/C18H14FNO2S/c19-14-6-2-1-5-12(14)11-13(9-10-17(21)22)18-20-15-7-3-4-8-16(15)23-18/h1-8,11H,9-10H2,(H,21,22)/b13-11-. The molecule has 0 amide bonds. The third-order valence-corrected chi connectivity index (χ3v) is 4.52. The summed E-state index contributed by atoms with van der Waals surface area (Å²) in [6, 6.07) is 14.2. The molecule has 3 nitrogen and oxygen atoms in total. The van der Waals surface area contributed by atoms with Gasteiger partial charge in [-0.25, -0.2) is 9.37 Å². The van der Waals surface area contributed by atoms with E-state index in [1.165, 1.54) is 17.4 Å². The van der Waals surface area contributed by atoms with Crippen molar-refractivity contribution in [1.82, 2.24) is 4.98 Å². The van der Waals surface area contributed by atoms with Crippen LogP contribution in [0.25, 0.3) is 21.9 Å². The number of carboxylic acid groups (broad SMARTS) is 1. The van der Waals surface area contributed by atoms with Crippen molar-refractivity contribution in [3.8, 4) is 0 Å². The summed E-state index contributed by atoms with van der Waals surface area (Å²) in [4.78, 5) is 15.5. The summed E-state index contributed by atoms with van der Waals surface area (Å²) < 4.78 is 14.9. The highest BCUT2D eigenvalue weighted by Crippen LogP contribution is 2.31. The Balaban J connectivity index is 2.04. The first-order valence-corrected chi connectivity index (χ1v) is 7.98. The monoisotopic (exact) mass is 327 g/mol. The van der Waals surface area contributed by atoms with Crippen molar-refractivity contribution < 1.29 is 14.3 Å². The summed E-state index contributed by atoms with van der Waals surface area (Å²) in [5.41, 5.74) is 2.04. The summed E-state index contributed by atoms with van der Waals surface area (Å²) in [6.45, 7) is 0. The molecule has 0 fully saturated rings. The van der Waals surface area contributed by atoms with Crippen LogP contribution in [0.4, 0.5) is 4.39 Å². The Hall–Kier alpha value is -2.53. The average Bonchev–Trinajstić information content (AvgIpc) is 2.96. The second-order valence-electron chi connectivity index (χ2n) is 5.07. The maximum atomic E-state index is 13.9. The van der Waals surface area contributed by atoms with Gasteiger partial charge in [-0.2, -0.15) is 0 Å². The predicted molar refractivity (Wildman–Crippen MR) is 90.8 cm³/mol. The van der Waals surface area contributed by atoms with Gasteiger partial charge in [-0.15, -0.1) is 11.3 Å². The number of aromatic nitrogens is 1. The van der Waals surface area contributed by atoms with E-state index in [0.29, 0.717) is 12.0 Å². The Morgan fingerprint density at radius 2 is 1.87 bits per heavy atom. The van der Waals surface area contributed by atoms with Gasteiger partial charge in [0.1, 0.15) is 10.8 Å². The van der Waals surface area contributed by atoms with Gasteiger partial charge in [0, 0.05) is 12.0 Å². The van der Waals surface area contributed by atoms with Gasteiger partial charge in [-0.3, -0.25) is 4.79 Å². The average molecular weight is 327 g/mol. The zero-order valence-electron chi connectivity index (χ0n) is 12.2. The molecular weight excluding hydrogens is 313 g/mol. The molecule has 23 heavy (non-hydrogen) atoms. The lowest BCUT2D eigenvalue weighted by Crippen LogP contribution is -1.96. The van der Waals surface area contributed by atoms with Crippen LogP contribution in [0.1, 0.15) is 23.4 Å². The molecule has 1 N–H and O–H groups in total. The van der Waals surface area contributed by atoms with E-state index < -0.39 is 5.97 Å². The molecule has 1 aromatic heterocycles. The first-order chi connectivity index (χ1) is 11.1. The number of halogens is 1. The molecule has 0 aliphatic rings. The number of benzene rings is 2. The van der Waals surface area contributed by atoms with Crippen molar-refractivity contribution in [1.29, 1.82) is 0 Å². The van der Waals surface area contributed by atoms with Gasteiger partial charge in [-0.05, 0) is 36.3 Å². The van der Waals surface area contributed by atoms with Crippen LogP contribution in [0.2, 0.25) is 0 Å². The molecule has 0 saturated heterocycles. The number of carboxylic acids is 1. The Labute approximate surface area is 136 Å². The van der Waals surface area contributed by atoms with Gasteiger partial charge >= 0.3 is 5.97 Å². The van der Waals surface area contributed by atoms with Crippen LogP contribution in [-0.2, 0) is 4.79 Å². The predicted octanol–water partition coefficient (Wildman–Crippen LogP) is 4.84. The van der Waals surface area contributed by atoms with E-state index in [1.807, 2.05) is 24.3 Å². The number of allylic oxidation sites excluding steroid dienone is 1. The molecule has 116 valence electrons. The third-order valence-electron chi connectivity index (χ3n) is 3.41. The Kier molecular flexibility index (Phi) is 4.48. The number of nitrogens with zero attached hydrogens (tertiary/aromatic N) is 1. The fourth-order valence-electron chi connectivity index (χ4n) is 2.27. The van der Waals surface area contributed by atoms with Crippen LogP contribution >= 0.6 is 11.3 Å². The minimum Gasteiger partial charge on any atom is -0.481 e. The van der Waals surface area contributed by atoms with Crippen molar-refractivity contribution in [3.05, 3.63) is 64.9 Å². The molecule has 0 spiro atoms. The molecule has 0 saturated carbocycles. The minimum absolute atomic E-state index is 0.0176. The summed E-state index contributed by atoms with van der Waals surface area (Å²) in [7, 11) is 0. The van der Waals surface area contributed by atoms with Gasteiger partial charge in [0.25, 0.3) is 0 Å². The fraction of sp³-hybridized carbons (Fsp3) is 0.111. The van der Waals surface area contributed by atoms with Crippen LogP contribution < -0.4 is 0 Å². The Bertz CT molecular complexity index is 852. The van der Waals surface area contributed by atoms with E-state index in [2.05, 4.69) is 4.98 Å². The quantitative estimate of drug-likeness (QED) is 0.729. The van der Waals surface area contributed by atoms with Gasteiger partial charge < -0.3 is 5.11 Å². The third kappa shape index (κ3) is 3.63. The van der Waals surface area contributed by atoms with Gasteiger partial charge in [0.05, 0.1) is 10.2 Å². The molecule has 0 unspecified atom stereocenters. The van der Waals surface area contributed by atoms with E-state index in [9.17, 15) is 9.18 Å². The fourth-order valence-corrected chi connectivity index (χ4v) is 3.28. The largest absolute Gasteiger partial charge is 0.481 e. The number of para-hydroxylation sites is 1. The van der Waals surface area contributed by atoms with E-state index in [0.717, 1.165) is 20.8 Å². The topological polar surface area (TPSA) is 50.2 Å². The Morgan fingerprint density at radius 1 is 1.13 bits per heavy atom. The first kappa shape index (κ1) is 15.4. The van der Waals surface area contributed by atoms with Gasteiger partial charge in [0.2, 0.25) is 0 Å². The van der Waals surface area contributed by atoms with Crippen molar-refractivity contribution in [2.75, 3.05) is 0 Å². The highest BCUT2D eigenvalue weighted by Gasteiger charge is 2.12. The van der Waals surface area contributed by atoms with E-state index in [4.69, 9.17) is 5.11 Å². The lowest BCUT2D eigenvalue weighted by molar-refractivity contribution is -0.136. The van der Waals surface area contributed by atoms with Crippen molar-refractivity contribution in [2.24, 2.45) is 0 Å². The van der Waals surface area contributed by atoms with E-state index in [-0.39, 0.29) is 12.2 Å². The molecule has 0 atom stereocenters. The molecule has 3 aromatic rings. The summed E-state index contributed by atoms with van der Waals surface area (Å²) >= 11 is 1.49. The zero-order chi connectivity index (χ0) is 16.2. The maximum Gasteiger partial charge on any atom is 0.303 e. The van der Waals surface area contributed by atoms with Crippen LogP contribution in [-0.4, -0.2) is 16.1 Å². The summed E-state index contributed by atoms with van der Waals surface area (Å²) in [5, 5.41) is 9.68. The molecule has 2 aromatic carbocycles. The number of aliphatic carboxylic acids is 1. The molecular formula is C18H14FNO2S. The maximum absolute atomic E-state index is 13.9. The van der Waals surface area contributed by atoms with Crippen LogP contribution in [0.15, 0.2) is 48.5 Å². The number of thiazole rings is 1. The van der Waals surface area contributed by atoms with E-state index in [1.54, 1.807) is 24.3 Å². The molecule has 0 bridgehead atoms. The number of rotatable bonds is 5. The van der Waals surface area contributed by atoms with Crippen LogP contribution in [0.3, 0.4) is 0 Å². The Morgan fingerprint density at radius 3 is 2.61 bits per heavy atom. The van der Waals surface area contributed by atoms with Crippen molar-refractivity contribution in [3.63, 3.8) is 0 Å². The lowest BCUT2D eigenvalue weighted by Gasteiger charge is -2.04. The second-order valence-corrected chi connectivity index (χ2v) is 6.10. The number of fused-ring (bicyclic) bond motifs is 1. The summed E-state index contributed by atoms with van der Waals surface area (Å²) in [6.07, 6.45) is 1.98.